The molecule has 4 heterocycles. The molecule has 0 N–H and O–H groups in total. The average Bonchev–Trinajstić information content (AvgIpc) is 3.28. The van der Waals surface area contributed by atoms with Gasteiger partial charge in [0, 0.05) is 15.9 Å². The average molecular weight is 413 g/mol. The molecule has 0 atom stereocenters. The Labute approximate surface area is 157 Å². The van der Waals surface area contributed by atoms with Crippen LogP contribution in [0.1, 0.15) is 0 Å². The van der Waals surface area contributed by atoms with E-state index in [2.05, 4.69) is 35.1 Å². The quantitative estimate of drug-likeness (QED) is 0.514. The third-order valence-corrected chi connectivity index (χ3v) is 12.9. The summed E-state index contributed by atoms with van der Waals surface area (Å²) in [5.41, 5.74) is 0. The van der Waals surface area contributed by atoms with E-state index in [9.17, 15) is 0 Å². The van der Waals surface area contributed by atoms with Crippen molar-refractivity contribution in [3.8, 4) is 0 Å². The first-order valence-corrected chi connectivity index (χ1v) is 12.7. The fourth-order valence-corrected chi connectivity index (χ4v) is 12.3. The molecule has 0 amide bonds. The number of hydrogen-bond acceptors (Lipinski definition) is 7. The summed E-state index contributed by atoms with van der Waals surface area (Å²) in [5, 5.41) is 8.37. The van der Waals surface area contributed by atoms with Gasteiger partial charge in [0.15, 0.2) is 0 Å². The molecule has 3 aliphatic heterocycles. The van der Waals surface area contributed by atoms with Crippen molar-refractivity contribution < 1.29 is 0 Å². The van der Waals surface area contributed by atoms with Crippen LogP contribution in [0.3, 0.4) is 0 Å². The van der Waals surface area contributed by atoms with Crippen molar-refractivity contribution >= 4 is 101 Å². The van der Waals surface area contributed by atoms with Gasteiger partial charge < -0.3 is 0 Å². The van der Waals surface area contributed by atoms with E-state index in [1.807, 2.05) is 81.9 Å². The molecule has 0 spiro atoms. The Morgan fingerprint density at radius 2 is 1.27 bits per heavy atom. The zero-order chi connectivity index (χ0) is 14.5. The molecule has 7 heteroatoms. The summed E-state index contributed by atoms with van der Waals surface area (Å²) in [6.07, 6.45) is 0. The van der Waals surface area contributed by atoms with Crippen LogP contribution in [0, 0.1) is 0 Å². The lowest BCUT2D eigenvalue weighted by molar-refractivity contribution is 1.82. The Balaban J connectivity index is 1.78. The third kappa shape index (κ3) is 2.44. The van der Waals surface area contributed by atoms with Crippen molar-refractivity contribution in [3.63, 3.8) is 0 Å². The zero-order valence-electron chi connectivity index (χ0n) is 11.0. The van der Waals surface area contributed by atoms with E-state index < -0.39 is 0 Å². The van der Waals surface area contributed by atoms with Gasteiger partial charge in [-0.05, 0) is 10.8 Å². The second kappa shape index (κ2) is 6.10. The molecule has 3 aliphatic rings. The predicted molar refractivity (Wildman–Crippen MR) is 114 cm³/mol. The minimum atomic E-state index is 1.19. The molecule has 0 nitrogen and oxygen atoms in total. The molecule has 0 bridgehead atoms. The highest BCUT2D eigenvalue weighted by molar-refractivity contribution is 8.49. The highest BCUT2D eigenvalue weighted by Gasteiger charge is 2.28. The zero-order valence-corrected chi connectivity index (χ0v) is 16.7. The van der Waals surface area contributed by atoms with Gasteiger partial charge in [-0.15, -0.1) is 34.9 Å². The summed E-state index contributed by atoms with van der Waals surface area (Å²) in [7, 11) is 0. The van der Waals surface area contributed by atoms with Crippen LogP contribution in [0.2, 0.25) is 0 Å². The van der Waals surface area contributed by atoms with Gasteiger partial charge in [0.05, 0.1) is 26.0 Å². The molecular formula is C15H8S7. The van der Waals surface area contributed by atoms with Crippen LogP contribution in [0.25, 0.3) is 19.2 Å². The maximum absolute atomic E-state index is 2.28. The number of fused-ring (bicyclic) bond motifs is 1. The Morgan fingerprint density at radius 1 is 0.682 bits per heavy atom. The second-order valence-corrected chi connectivity index (χ2v) is 12.8. The SMILES string of the molecule is C1=CSC(=c2sc(=C3SC4=C(SCS4)S3)c3ccccc23)S1. The van der Waals surface area contributed by atoms with Crippen LogP contribution >= 0.6 is 81.9 Å². The van der Waals surface area contributed by atoms with E-state index in [0.717, 1.165) is 0 Å². The monoisotopic (exact) mass is 412 g/mol. The van der Waals surface area contributed by atoms with E-state index >= 15 is 0 Å². The van der Waals surface area contributed by atoms with E-state index in [0.29, 0.717) is 0 Å². The van der Waals surface area contributed by atoms with Gasteiger partial charge in [0.25, 0.3) is 0 Å². The smallest absolute Gasteiger partial charge is 0.0689 e. The molecule has 0 unspecified atom stereocenters. The molecule has 5 rings (SSSR count). The van der Waals surface area contributed by atoms with Gasteiger partial charge in [-0.3, -0.25) is 0 Å². The summed E-state index contributed by atoms with van der Waals surface area (Å²) in [6.45, 7) is 0. The number of thiophene rings is 1. The standard InChI is InChI=1S/C15H8S7/c1-2-4-9-8(3-1)10(12-16-5-6-17-12)20-11(9)13-21-14-15(22-13)19-7-18-14/h1-6H,7H2. The van der Waals surface area contributed by atoms with Crippen molar-refractivity contribution in [3.05, 3.63) is 52.6 Å². The Morgan fingerprint density at radius 3 is 1.91 bits per heavy atom. The first-order chi connectivity index (χ1) is 10.9. The summed E-state index contributed by atoms with van der Waals surface area (Å²) in [4.78, 5) is 0. The maximum Gasteiger partial charge on any atom is 0.0689 e. The van der Waals surface area contributed by atoms with E-state index in [-0.39, 0.29) is 0 Å². The first-order valence-electron chi connectivity index (χ1n) is 6.50. The van der Waals surface area contributed by atoms with Gasteiger partial charge >= 0.3 is 0 Å². The molecule has 0 saturated carbocycles. The molecule has 0 radical (unpaired) electrons. The molecule has 1 aromatic heterocycles. The van der Waals surface area contributed by atoms with E-state index in [1.54, 1.807) is 0 Å². The molecule has 110 valence electrons. The van der Waals surface area contributed by atoms with Crippen LogP contribution in [0.4, 0.5) is 0 Å². The normalized spacial score (nSPS) is 20.7. The van der Waals surface area contributed by atoms with Crippen molar-refractivity contribution in [2.24, 2.45) is 0 Å². The summed E-state index contributed by atoms with van der Waals surface area (Å²) < 4.78 is 8.82. The Bertz CT molecular complexity index is 935. The lowest BCUT2D eigenvalue weighted by Gasteiger charge is -1.97. The van der Waals surface area contributed by atoms with Gasteiger partial charge in [-0.2, -0.15) is 0 Å². The summed E-state index contributed by atoms with van der Waals surface area (Å²) in [5.74, 6) is 0. The van der Waals surface area contributed by atoms with Gasteiger partial charge in [0.1, 0.15) is 0 Å². The van der Waals surface area contributed by atoms with Gasteiger partial charge in [-0.1, -0.05) is 71.3 Å². The van der Waals surface area contributed by atoms with Crippen LogP contribution in [-0.2, 0) is 0 Å². The van der Waals surface area contributed by atoms with E-state index in [1.165, 1.54) is 41.9 Å². The third-order valence-electron chi connectivity index (χ3n) is 3.31. The highest BCUT2D eigenvalue weighted by Crippen LogP contribution is 2.62. The lowest BCUT2D eigenvalue weighted by Crippen LogP contribution is -1.96. The topological polar surface area (TPSA) is 0 Å². The number of thioether (sulfide) groups is 6. The van der Waals surface area contributed by atoms with Crippen molar-refractivity contribution in [2.75, 3.05) is 5.08 Å². The number of benzene rings is 1. The molecule has 0 saturated heterocycles. The molecule has 0 aliphatic carbocycles. The molecule has 22 heavy (non-hydrogen) atoms. The maximum atomic E-state index is 2.28. The minimum absolute atomic E-state index is 1.19. The Kier molecular flexibility index (Phi) is 4.10. The van der Waals surface area contributed by atoms with Gasteiger partial charge in [-0.25, -0.2) is 0 Å². The molecule has 2 aromatic rings. The van der Waals surface area contributed by atoms with E-state index in [4.69, 9.17) is 0 Å². The predicted octanol–water partition coefficient (Wildman–Crippen LogP) is 6.03. The minimum Gasteiger partial charge on any atom is -0.132 e. The molecular weight excluding hydrogens is 405 g/mol. The molecule has 1 aromatic carbocycles. The van der Waals surface area contributed by atoms with Crippen LogP contribution in [-0.4, -0.2) is 5.08 Å². The second-order valence-electron chi connectivity index (χ2n) is 4.57. The van der Waals surface area contributed by atoms with Crippen molar-refractivity contribution in [1.29, 1.82) is 0 Å². The Hall–Kier alpha value is 0.500. The fourth-order valence-electron chi connectivity index (χ4n) is 2.39. The largest absolute Gasteiger partial charge is 0.132 e. The summed E-state index contributed by atoms with van der Waals surface area (Å²) in [6, 6.07) is 8.87. The molecule has 0 fully saturated rings. The van der Waals surface area contributed by atoms with Crippen molar-refractivity contribution in [2.45, 2.75) is 0 Å². The van der Waals surface area contributed by atoms with Crippen molar-refractivity contribution in [1.82, 2.24) is 0 Å². The van der Waals surface area contributed by atoms with Gasteiger partial charge in [0.2, 0.25) is 0 Å². The van der Waals surface area contributed by atoms with Crippen LogP contribution in [0.5, 0.6) is 0 Å². The van der Waals surface area contributed by atoms with Crippen LogP contribution in [0.15, 0.2) is 43.6 Å². The first kappa shape index (κ1) is 14.8. The number of hydrogen-bond donors (Lipinski definition) is 0. The fraction of sp³-hybridized carbons (Fsp3) is 0.0667. The number of rotatable bonds is 0. The van der Waals surface area contributed by atoms with Crippen LogP contribution < -0.4 is 9.06 Å². The highest BCUT2D eigenvalue weighted by atomic mass is 32.3. The lowest BCUT2D eigenvalue weighted by atomic mass is 10.2. The summed E-state index contributed by atoms with van der Waals surface area (Å²) >= 11 is 13.6.